The molecule has 8 aromatic rings. The Labute approximate surface area is 578 Å². The maximum absolute atomic E-state index is 13.9. The number of amides is 4. The Hall–Kier alpha value is -8.02. The van der Waals surface area contributed by atoms with Crippen LogP contribution < -0.4 is 20.4 Å². The zero-order valence-electron chi connectivity index (χ0n) is 57.3. The smallest absolute Gasteiger partial charge is 0.255 e. The van der Waals surface area contributed by atoms with Crippen molar-refractivity contribution in [2.75, 3.05) is 85.9 Å². The lowest BCUT2D eigenvalue weighted by Gasteiger charge is -2.36. The zero-order valence-corrected chi connectivity index (χ0v) is 59.0. The molecule has 0 spiro atoms. The van der Waals surface area contributed by atoms with Gasteiger partial charge in [-0.2, -0.15) is 0 Å². The Morgan fingerprint density at radius 1 is 0.438 bits per heavy atom. The number of hydrogen-bond donors (Lipinski definition) is 2. The zero-order chi connectivity index (χ0) is 67.0. The molecule has 0 bridgehead atoms. The molecule has 14 nitrogen and oxygen atoms in total. The number of anilines is 4. The van der Waals surface area contributed by atoms with Crippen LogP contribution in [0.1, 0.15) is 174 Å². The largest absolute Gasteiger partial charge is 0.369 e. The maximum Gasteiger partial charge on any atom is 0.255 e. The van der Waals surface area contributed by atoms with Crippen LogP contribution in [0.15, 0.2) is 169 Å². The fraction of sp³-hybridized carbons (Fsp3) is 0.425. The summed E-state index contributed by atoms with van der Waals surface area (Å²) in [4.78, 5) is 76.8. The number of thiazole rings is 2. The normalized spacial score (nSPS) is 15.9. The molecule has 0 radical (unpaired) electrons. The predicted octanol–water partition coefficient (Wildman–Crippen LogP) is 17.3. The number of unbranched alkanes of at least 4 members (excludes halogenated alkanes) is 8. The van der Waals surface area contributed by atoms with E-state index in [9.17, 15) is 19.2 Å². The van der Waals surface area contributed by atoms with Crippen LogP contribution >= 0.6 is 22.7 Å². The summed E-state index contributed by atoms with van der Waals surface area (Å²) in [5.74, 6) is -0.804. The van der Waals surface area contributed by atoms with E-state index in [-0.39, 0.29) is 23.6 Å². The van der Waals surface area contributed by atoms with Gasteiger partial charge >= 0.3 is 0 Å². The molecule has 504 valence electrons. The Morgan fingerprint density at radius 3 is 1.15 bits per heavy atom. The van der Waals surface area contributed by atoms with Crippen LogP contribution in [0.5, 0.6) is 0 Å². The summed E-state index contributed by atoms with van der Waals surface area (Å²) >= 11 is 2.72. The van der Waals surface area contributed by atoms with E-state index in [0.717, 1.165) is 96.9 Å². The van der Waals surface area contributed by atoms with Crippen molar-refractivity contribution in [3.63, 3.8) is 0 Å². The number of rotatable bonds is 26. The van der Waals surface area contributed by atoms with Crippen LogP contribution in [0.3, 0.4) is 0 Å². The standard InChI is InChI=1S/C41H51N5O2S.C39H47N5O2S/c1-41(2,3)21-11-6-4-5-7-12-23-44-24-26-45(27-25-44)35-19-17-31(18-20-35)33-15-16-34-30-46(39(48)36(34)29-33)37(32-13-9-8-10-14-32)38(47)43-40-42-22-28-49-40;1-39(2,3)19-9-4-5-10-21-42-22-24-43(25-23-42)33-17-15-29(16-18-33)31-13-14-32-28-44(37(46)34(32)27-31)35(30-11-7-6-8-12-30)36(45)41-38-40-20-26-47-38/h8-10,13-20,22,28-29,37H,4-7,11-12,21,23-27,30H2,1-3H3,(H,42,43,47);6-8,11-18,20,26-27,35H,4-5,9-10,19,21-25,28H2,1-3H3,(H,40,41,45). The molecule has 2 unspecified atom stereocenters. The minimum absolute atomic E-state index is 0.134. The molecule has 2 aromatic heterocycles. The molecule has 4 amide bonds. The van der Waals surface area contributed by atoms with Gasteiger partial charge in [0.1, 0.15) is 12.1 Å². The molecule has 4 aliphatic heterocycles. The van der Waals surface area contributed by atoms with Crippen molar-refractivity contribution in [2.24, 2.45) is 10.8 Å². The highest BCUT2D eigenvalue weighted by Crippen LogP contribution is 2.38. The first kappa shape index (κ1) is 69.3. The summed E-state index contributed by atoms with van der Waals surface area (Å²) in [7, 11) is 0. The van der Waals surface area contributed by atoms with Gasteiger partial charge in [0.05, 0.1) is 0 Å². The number of nitrogens with zero attached hydrogens (tertiary/aromatic N) is 8. The third kappa shape index (κ3) is 18.7. The number of carbonyl (C=O) groups excluding carboxylic acids is 4. The third-order valence-corrected chi connectivity index (χ3v) is 20.6. The van der Waals surface area contributed by atoms with Gasteiger partial charge in [0.2, 0.25) is 0 Å². The van der Waals surface area contributed by atoms with E-state index >= 15 is 0 Å². The average molecular weight is 1330 g/mol. The predicted molar refractivity (Wildman–Crippen MR) is 395 cm³/mol. The first-order chi connectivity index (χ1) is 46.5. The second-order valence-electron chi connectivity index (χ2n) is 28.8. The third-order valence-electron chi connectivity index (χ3n) is 19.2. The van der Waals surface area contributed by atoms with E-state index in [2.05, 4.69) is 142 Å². The molecule has 6 heterocycles. The number of nitrogens with one attached hydrogen (secondary N) is 2. The van der Waals surface area contributed by atoms with Gasteiger partial charge in [0.15, 0.2) is 10.3 Å². The van der Waals surface area contributed by atoms with E-state index in [1.165, 1.54) is 124 Å². The summed E-state index contributed by atoms with van der Waals surface area (Å²) < 4.78 is 0. The molecule has 2 fully saturated rings. The van der Waals surface area contributed by atoms with Crippen LogP contribution in [0, 0.1) is 10.8 Å². The quantitative estimate of drug-likeness (QED) is 0.0504. The molecule has 12 rings (SSSR count). The Balaban J connectivity index is 0.000000195. The second-order valence-corrected chi connectivity index (χ2v) is 30.6. The van der Waals surface area contributed by atoms with E-state index in [4.69, 9.17) is 0 Å². The van der Waals surface area contributed by atoms with Crippen molar-refractivity contribution >= 4 is 67.9 Å². The molecule has 0 saturated carbocycles. The summed E-state index contributed by atoms with van der Waals surface area (Å²) in [6.45, 7) is 25.8. The van der Waals surface area contributed by atoms with Crippen LogP contribution in [-0.2, 0) is 22.7 Å². The highest BCUT2D eigenvalue weighted by Gasteiger charge is 2.40. The first-order valence-corrected chi connectivity index (χ1v) is 36.8. The van der Waals surface area contributed by atoms with Gasteiger partial charge in [-0.1, -0.05) is 202 Å². The van der Waals surface area contributed by atoms with Crippen molar-refractivity contribution in [1.82, 2.24) is 29.6 Å². The van der Waals surface area contributed by atoms with Crippen molar-refractivity contribution in [1.29, 1.82) is 0 Å². The average Bonchev–Trinajstić information content (AvgIpc) is 1.63. The number of aromatic nitrogens is 2. The van der Waals surface area contributed by atoms with Crippen molar-refractivity contribution in [3.8, 4) is 22.3 Å². The SMILES string of the molecule is CC(C)(C)CCCCCCCCN1CCN(c2ccc(-c3ccc4c(c3)C(=O)N(C(C(=O)Nc3nccs3)c3ccccc3)C4)cc2)CC1.CC(C)(C)CCCCCCN1CCN(c2ccc(-c3ccc4c(c3)C(=O)N(C(C(=O)Nc3nccs3)c3ccccc3)C4)cc2)CC1. The molecule has 2 N–H and O–H groups in total. The van der Waals surface area contributed by atoms with E-state index in [1.54, 1.807) is 22.2 Å². The molecular weight excluding hydrogens is 1230 g/mol. The molecule has 96 heavy (non-hydrogen) atoms. The molecule has 16 heteroatoms. The molecule has 2 saturated heterocycles. The molecule has 4 aliphatic rings. The molecular formula is C80H98N10O4S2. The summed E-state index contributed by atoms with van der Waals surface area (Å²) in [6, 6.07) is 47.1. The number of fused-ring (bicyclic) bond motifs is 2. The van der Waals surface area contributed by atoms with Crippen LogP contribution in [0.2, 0.25) is 0 Å². The fourth-order valence-corrected chi connectivity index (χ4v) is 14.9. The van der Waals surface area contributed by atoms with Gasteiger partial charge < -0.3 is 19.6 Å². The van der Waals surface area contributed by atoms with Crippen LogP contribution in [0.4, 0.5) is 21.6 Å². The lowest BCUT2D eigenvalue weighted by molar-refractivity contribution is -0.121. The van der Waals surface area contributed by atoms with Crippen molar-refractivity contribution in [2.45, 2.75) is 144 Å². The van der Waals surface area contributed by atoms with Gasteiger partial charge in [-0.25, -0.2) is 9.97 Å². The van der Waals surface area contributed by atoms with Gasteiger partial charge in [0, 0.05) is 111 Å². The minimum Gasteiger partial charge on any atom is -0.369 e. The number of hydrogen-bond acceptors (Lipinski definition) is 12. The minimum atomic E-state index is -0.762. The highest BCUT2D eigenvalue weighted by molar-refractivity contribution is 7.14. The Bertz CT molecular complexity index is 3780. The number of benzene rings is 6. The van der Waals surface area contributed by atoms with Crippen molar-refractivity contribution < 1.29 is 19.2 Å². The molecule has 6 aromatic carbocycles. The van der Waals surface area contributed by atoms with E-state index < -0.39 is 12.1 Å². The van der Waals surface area contributed by atoms with Crippen LogP contribution in [-0.4, -0.2) is 119 Å². The van der Waals surface area contributed by atoms with Crippen LogP contribution in [0.25, 0.3) is 22.3 Å². The van der Waals surface area contributed by atoms with E-state index in [0.29, 0.717) is 45.3 Å². The molecule has 0 aliphatic carbocycles. The molecule has 2 atom stereocenters. The van der Waals surface area contributed by atoms with Gasteiger partial charge in [-0.3, -0.25) is 39.6 Å². The maximum atomic E-state index is 13.9. The van der Waals surface area contributed by atoms with Crippen molar-refractivity contribution in [3.05, 3.63) is 202 Å². The lowest BCUT2D eigenvalue weighted by atomic mass is 9.89. The monoisotopic (exact) mass is 1330 g/mol. The summed E-state index contributed by atoms with van der Waals surface area (Å²) in [6.07, 6.45) is 19.4. The Morgan fingerprint density at radius 2 is 0.792 bits per heavy atom. The number of carbonyl (C=O) groups is 4. The number of piperazine rings is 2. The van der Waals surface area contributed by atoms with E-state index in [1.807, 2.05) is 95.7 Å². The Kier molecular flexibility index (Phi) is 23.7. The van der Waals surface area contributed by atoms with Gasteiger partial charge in [-0.05, 0) is 131 Å². The van der Waals surface area contributed by atoms with Gasteiger partial charge in [-0.15, -0.1) is 22.7 Å². The van der Waals surface area contributed by atoms with Gasteiger partial charge in [0.25, 0.3) is 23.6 Å². The highest BCUT2D eigenvalue weighted by atomic mass is 32.1. The summed E-state index contributed by atoms with van der Waals surface area (Å²) in [5, 5.41) is 10.5. The first-order valence-electron chi connectivity index (χ1n) is 35.0. The lowest BCUT2D eigenvalue weighted by Crippen LogP contribution is -2.46. The second kappa shape index (κ2) is 32.8. The fourth-order valence-electron chi connectivity index (χ4n) is 13.8. The topological polar surface area (TPSA) is 138 Å². The summed E-state index contributed by atoms with van der Waals surface area (Å²) in [5.41, 5.74) is 12.3.